The molecule has 0 aromatic carbocycles. The van der Waals surface area contributed by atoms with Crippen LogP contribution < -0.4 is 5.32 Å². The highest BCUT2D eigenvalue weighted by Crippen LogP contribution is 2.25. The highest BCUT2D eigenvalue weighted by molar-refractivity contribution is 7.99. The fourth-order valence-corrected chi connectivity index (χ4v) is 3.36. The van der Waals surface area contributed by atoms with Crippen LogP contribution in [0.5, 0.6) is 0 Å². The second-order valence-corrected chi connectivity index (χ2v) is 7.92. The fraction of sp³-hybridized carbons (Fsp3) is 0.556. The molecular formula is C18H26N4O3S. The average Bonchev–Trinajstić information content (AvgIpc) is 3.19. The minimum absolute atomic E-state index is 0.0403. The first-order valence-corrected chi connectivity index (χ1v) is 9.67. The molecule has 0 radical (unpaired) electrons. The molecule has 2 rings (SSSR count). The van der Waals surface area contributed by atoms with Gasteiger partial charge in [0, 0.05) is 6.54 Å². The number of hydrogen-bond donors (Lipinski definition) is 1. The smallest absolute Gasteiger partial charge is 0.231 e. The van der Waals surface area contributed by atoms with E-state index in [2.05, 4.69) is 29.4 Å². The second kappa shape index (κ2) is 9.02. The Hall–Kier alpha value is -2.09. The van der Waals surface area contributed by atoms with E-state index in [1.165, 1.54) is 18.7 Å². The Kier molecular flexibility index (Phi) is 7.02. The van der Waals surface area contributed by atoms with Crippen molar-refractivity contribution in [3.8, 4) is 11.6 Å². The van der Waals surface area contributed by atoms with Gasteiger partial charge in [-0.2, -0.15) is 0 Å². The van der Waals surface area contributed by atoms with Crippen LogP contribution in [-0.4, -0.2) is 38.2 Å². The molecule has 2 aromatic rings. The Labute approximate surface area is 157 Å². The number of aromatic nitrogens is 3. The number of amides is 1. The molecule has 26 heavy (non-hydrogen) atoms. The second-order valence-electron chi connectivity index (χ2n) is 6.98. The van der Waals surface area contributed by atoms with E-state index in [4.69, 9.17) is 4.42 Å². The van der Waals surface area contributed by atoms with E-state index in [0.717, 1.165) is 6.54 Å². The lowest BCUT2D eigenvalue weighted by Gasteiger charge is -2.19. The topological polar surface area (TPSA) is 90.0 Å². The van der Waals surface area contributed by atoms with Crippen LogP contribution in [0.2, 0.25) is 0 Å². The summed E-state index contributed by atoms with van der Waals surface area (Å²) in [4.78, 5) is 23.9. The van der Waals surface area contributed by atoms with Crippen molar-refractivity contribution in [3.05, 3.63) is 18.4 Å². The Morgan fingerprint density at radius 3 is 2.54 bits per heavy atom. The van der Waals surface area contributed by atoms with Crippen molar-refractivity contribution < 1.29 is 14.0 Å². The first-order valence-electron chi connectivity index (χ1n) is 8.69. The number of nitrogens with zero attached hydrogens (tertiary/aromatic N) is 3. The summed E-state index contributed by atoms with van der Waals surface area (Å²) in [5.74, 6) is 1.67. The number of carbonyl (C=O) groups is 2. The molecule has 1 atom stereocenters. The van der Waals surface area contributed by atoms with Crippen molar-refractivity contribution in [2.75, 3.05) is 5.75 Å². The number of rotatable bonds is 9. The average molecular weight is 378 g/mol. The van der Waals surface area contributed by atoms with Gasteiger partial charge in [0.2, 0.25) is 5.91 Å². The number of hydrogen-bond acceptors (Lipinski definition) is 6. The monoisotopic (exact) mass is 378 g/mol. The molecule has 1 N–H and O–H groups in total. The summed E-state index contributed by atoms with van der Waals surface area (Å²) in [5, 5.41) is 11.9. The molecule has 1 amide bonds. The highest BCUT2D eigenvalue weighted by atomic mass is 32.2. The maximum Gasteiger partial charge on any atom is 0.231 e. The maximum atomic E-state index is 12.2. The van der Waals surface area contributed by atoms with Gasteiger partial charge >= 0.3 is 0 Å². The lowest BCUT2D eigenvalue weighted by Crippen LogP contribution is -2.44. The standard InChI is InChI=1S/C18H26N4O3S/c1-11(2)9-22-17(14-7-6-8-25-14)20-21-18(22)26-10-15(24)19-16(12(3)4)13(5)23/h6-8,11-12,16H,9-10H2,1-5H3,(H,19,24). The third-order valence-corrected chi connectivity index (χ3v) is 4.73. The van der Waals surface area contributed by atoms with Gasteiger partial charge in [0.1, 0.15) is 0 Å². The molecule has 8 heteroatoms. The molecule has 142 valence electrons. The Balaban J connectivity index is 2.09. The Morgan fingerprint density at radius 2 is 2.00 bits per heavy atom. The zero-order chi connectivity index (χ0) is 19.3. The van der Waals surface area contributed by atoms with Crippen LogP contribution in [0.1, 0.15) is 34.6 Å². The summed E-state index contributed by atoms with van der Waals surface area (Å²) in [6, 6.07) is 3.18. The van der Waals surface area contributed by atoms with E-state index in [0.29, 0.717) is 22.7 Å². The van der Waals surface area contributed by atoms with Gasteiger partial charge in [-0.3, -0.25) is 14.2 Å². The van der Waals surface area contributed by atoms with Gasteiger partial charge in [-0.15, -0.1) is 10.2 Å². The van der Waals surface area contributed by atoms with E-state index < -0.39 is 6.04 Å². The van der Waals surface area contributed by atoms with Crippen LogP contribution in [0.4, 0.5) is 0 Å². The molecule has 0 fully saturated rings. The molecule has 0 aliphatic carbocycles. The van der Waals surface area contributed by atoms with Crippen molar-refractivity contribution in [2.24, 2.45) is 11.8 Å². The zero-order valence-corrected chi connectivity index (χ0v) is 16.7. The van der Waals surface area contributed by atoms with Crippen molar-refractivity contribution in [3.63, 3.8) is 0 Å². The van der Waals surface area contributed by atoms with Gasteiger partial charge in [-0.05, 0) is 30.9 Å². The van der Waals surface area contributed by atoms with Crippen LogP contribution in [0, 0.1) is 11.8 Å². The third-order valence-electron chi connectivity index (χ3n) is 3.76. The van der Waals surface area contributed by atoms with Crippen LogP contribution in [0.15, 0.2) is 28.0 Å². The highest BCUT2D eigenvalue weighted by Gasteiger charge is 2.22. The maximum absolute atomic E-state index is 12.2. The number of thioether (sulfide) groups is 1. The van der Waals surface area contributed by atoms with Gasteiger partial charge in [-0.25, -0.2) is 0 Å². The number of ketones is 1. The number of Topliss-reactive ketones (excluding diaryl/α,β-unsaturated/α-hetero) is 1. The van der Waals surface area contributed by atoms with Crippen LogP contribution in [0.3, 0.4) is 0 Å². The minimum Gasteiger partial charge on any atom is -0.461 e. The van der Waals surface area contributed by atoms with Gasteiger partial charge in [0.15, 0.2) is 22.5 Å². The molecule has 0 aliphatic rings. The predicted octanol–water partition coefficient (Wildman–Crippen LogP) is 3.02. The fourth-order valence-electron chi connectivity index (χ4n) is 2.60. The van der Waals surface area contributed by atoms with Crippen molar-refractivity contribution in [1.29, 1.82) is 0 Å². The summed E-state index contributed by atoms with van der Waals surface area (Å²) in [7, 11) is 0. The molecule has 1 unspecified atom stereocenters. The molecule has 2 heterocycles. The summed E-state index contributed by atoms with van der Waals surface area (Å²) in [5.41, 5.74) is 0. The van der Waals surface area contributed by atoms with Gasteiger partial charge in [0.25, 0.3) is 0 Å². The molecule has 0 saturated carbocycles. The molecule has 0 aliphatic heterocycles. The molecule has 2 aromatic heterocycles. The van der Waals surface area contributed by atoms with Crippen molar-refractivity contribution in [1.82, 2.24) is 20.1 Å². The summed E-state index contributed by atoms with van der Waals surface area (Å²) < 4.78 is 7.40. The lowest BCUT2D eigenvalue weighted by atomic mass is 10.0. The number of carbonyl (C=O) groups excluding carboxylic acids is 2. The summed E-state index contributed by atoms with van der Waals surface area (Å²) in [6.45, 7) is 10.2. The van der Waals surface area contributed by atoms with Crippen LogP contribution in [0.25, 0.3) is 11.6 Å². The van der Waals surface area contributed by atoms with E-state index in [1.807, 2.05) is 24.5 Å². The Bertz CT molecular complexity index is 738. The molecular weight excluding hydrogens is 352 g/mol. The first-order chi connectivity index (χ1) is 12.3. The van der Waals surface area contributed by atoms with Gasteiger partial charge in [0.05, 0.1) is 18.1 Å². The molecule has 7 nitrogen and oxygen atoms in total. The van der Waals surface area contributed by atoms with Crippen molar-refractivity contribution >= 4 is 23.5 Å². The van der Waals surface area contributed by atoms with Crippen molar-refractivity contribution in [2.45, 2.75) is 52.4 Å². The van der Waals surface area contributed by atoms with Crippen LogP contribution in [-0.2, 0) is 16.1 Å². The van der Waals surface area contributed by atoms with Gasteiger partial charge in [-0.1, -0.05) is 39.5 Å². The largest absolute Gasteiger partial charge is 0.461 e. The zero-order valence-electron chi connectivity index (χ0n) is 15.9. The summed E-state index contributed by atoms with van der Waals surface area (Å²) in [6.07, 6.45) is 1.60. The van der Waals surface area contributed by atoms with Gasteiger partial charge < -0.3 is 9.73 Å². The Morgan fingerprint density at radius 1 is 1.27 bits per heavy atom. The quantitative estimate of drug-likeness (QED) is 0.675. The first kappa shape index (κ1) is 20.2. The van der Waals surface area contributed by atoms with Crippen LogP contribution >= 0.6 is 11.8 Å². The number of nitrogens with one attached hydrogen (secondary N) is 1. The predicted molar refractivity (Wildman–Crippen MR) is 101 cm³/mol. The number of furan rings is 1. The SMILES string of the molecule is CC(=O)C(NC(=O)CSc1nnc(-c2ccco2)n1CC(C)C)C(C)C. The molecule has 0 bridgehead atoms. The third kappa shape index (κ3) is 5.20. The van der Waals surface area contributed by atoms with E-state index in [9.17, 15) is 9.59 Å². The van der Waals surface area contributed by atoms with E-state index in [-0.39, 0.29) is 23.4 Å². The minimum atomic E-state index is -0.463. The normalized spacial score (nSPS) is 12.6. The van der Waals surface area contributed by atoms with E-state index in [1.54, 1.807) is 12.3 Å². The lowest BCUT2D eigenvalue weighted by molar-refractivity contribution is -0.126. The summed E-state index contributed by atoms with van der Waals surface area (Å²) >= 11 is 1.31. The molecule has 0 saturated heterocycles. The van der Waals surface area contributed by atoms with E-state index >= 15 is 0 Å². The molecule has 0 spiro atoms.